The molecule has 0 aromatic carbocycles. The van der Waals surface area contributed by atoms with E-state index in [0.29, 0.717) is 12.1 Å². The molecule has 3 heterocycles. The van der Waals surface area contributed by atoms with Crippen LogP contribution in [0.25, 0.3) is 0 Å². The van der Waals surface area contributed by atoms with Crippen molar-refractivity contribution in [2.24, 2.45) is 0 Å². The minimum atomic E-state index is 0.217. The molecule has 5 heteroatoms. The predicted molar refractivity (Wildman–Crippen MR) is 75.1 cm³/mol. The maximum atomic E-state index is 11.8. The van der Waals surface area contributed by atoms with E-state index in [9.17, 15) is 4.79 Å². The summed E-state index contributed by atoms with van der Waals surface area (Å²) >= 11 is 0. The van der Waals surface area contributed by atoms with Crippen LogP contribution in [0.15, 0.2) is 10.6 Å². The van der Waals surface area contributed by atoms with Crippen LogP contribution in [0.5, 0.6) is 0 Å². The van der Waals surface area contributed by atoms with Crippen molar-refractivity contribution in [2.45, 2.75) is 58.2 Å². The molecule has 0 saturated carbocycles. The minimum Gasteiger partial charge on any atom is -0.360 e. The molecule has 3 rings (SSSR count). The van der Waals surface area contributed by atoms with Gasteiger partial charge >= 0.3 is 0 Å². The molecule has 0 aliphatic carbocycles. The number of likely N-dealkylation sites (tertiary alicyclic amines) is 2. The Morgan fingerprint density at radius 1 is 1.35 bits per heavy atom. The second-order valence-electron chi connectivity index (χ2n) is 6.04. The number of aromatic nitrogens is 1. The summed E-state index contributed by atoms with van der Waals surface area (Å²) < 4.78 is 5.34. The van der Waals surface area contributed by atoms with Gasteiger partial charge < -0.3 is 9.42 Å². The second kappa shape index (κ2) is 5.56. The number of rotatable bonds is 3. The van der Waals surface area contributed by atoms with E-state index in [1.165, 1.54) is 12.8 Å². The summed E-state index contributed by atoms with van der Waals surface area (Å²) in [5, 5.41) is 3.96. The monoisotopic (exact) mass is 277 g/mol. The number of nitrogens with zero attached hydrogens (tertiary/aromatic N) is 3. The van der Waals surface area contributed by atoms with Crippen LogP contribution in [0.3, 0.4) is 0 Å². The van der Waals surface area contributed by atoms with Crippen molar-refractivity contribution in [1.82, 2.24) is 15.0 Å². The van der Waals surface area contributed by atoms with Gasteiger partial charge in [0, 0.05) is 31.6 Å². The Bertz CT molecular complexity index is 485. The van der Waals surface area contributed by atoms with Gasteiger partial charge in [0.25, 0.3) is 0 Å². The topological polar surface area (TPSA) is 49.6 Å². The van der Waals surface area contributed by atoms with Gasteiger partial charge in [0.05, 0.1) is 12.2 Å². The van der Waals surface area contributed by atoms with Crippen LogP contribution in [-0.2, 0) is 11.3 Å². The van der Waals surface area contributed by atoms with Gasteiger partial charge in [-0.05, 0) is 39.2 Å². The third-order valence-electron chi connectivity index (χ3n) is 4.60. The number of hydrogen-bond acceptors (Lipinski definition) is 4. The molecule has 0 spiro atoms. The van der Waals surface area contributed by atoms with E-state index in [4.69, 9.17) is 4.52 Å². The third kappa shape index (κ3) is 2.59. The molecule has 0 unspecified atom stereocenters. The highest BCUT2D eigenvalue weighted by Crippen LogP contribution is 2.31. The van der Waals surface area contributed by atoms with Crippen LogP contribution in [0.4, 0.5) is 0 Å². The molecular weight excluding hydrogens is 254 g/mol. The van der Waals surface area contributed by atoms with Crippen molar-refractivity contribution in [1.29, 1.82) is 0 Å². The number of carbonyl (C=O) groups is 1. The summed E-state index contributed by atoms with van der Waals surface area (Å²) in [6, 6.07) is 2.87. The van der Waals surface area contributed by atoms with Crippen LogP contribution in [0.1, 0.15) is 44.1 Å². The summed E-state index contributed by atoms with van der Waals surface area (Å²) in [5.74, 6) is 1.15. The van der Waals surface area contributed by atoms with Crippen LogP contribution in [0.2, 0.25) is 0 Å². The molecule has 2 fully saturated rings. The van der Waals surface area contributed by atoms with Crippen molar-refractivity contribution in [3.8, 4) is 0 Å². The summed E-state index contributed by atoms with van der Waals surface area (Å²) in [6.07, 6.45) is 4.66. The first kappa shape index (κ1) is 13.6. The maximum Gasteiger partial charge on any atom is 0.219 e. The van der Waals surface area contributed by atoms with Crippen LogP contribution < -0.4 is 0 Å². The predicted octanol–water partition coefficient (Wildman–Crippen LogP) is 1.96. The summed E-state index contributed by atoms with van der Waals surface area (Å²) in [4.78, 5) is 16.3. The lowest BCUT2D eigenvalue weighted by Crippen LogP contribution is -2.47. The molecule has 0 radical (unpaired) electrons. The largest absolute Gasteiger partial charge is 0.360 e. The summed E-state index contributed by atoms with van der Waals surface area (Å²) in [6.45, 7) is 6.46. The minimum absolute atomic E-state index is 0.217. The smallest absolute Gasteiger partial charge is 0.219 e. The Kier molecular flexibility index (Phi) is 3.78. The Morgan fingerprint density at radius 3 is 2.80 bits per heavy atom. The average molecular weight is 277 g/mol. The van der Waals surface area contributed by atoms with Gasteiger partial charge in [0.2, 0.25) is 5.91 Å². The standard InChI is InChI=1S/C15H23N3O2/c1-11-9-13(20-16-11)10-17-7-3-5-14(17)15-6-4-8-18(15)12(2)19/h9,14-15H,3-8,10H2,1-2H3/t14-,15-/m0/s1. The van der Waals surface area contributed by atoms with Crippen LogP contribution >= 0.6 is 0 Å². The number of carbonyl (C=O) groups excluding carboxylic acids is 1. The van der Waals surface area contributed by atoms with Crippen LogP contribution in [-0.4, -0.2) is 46.0 Å². The van der Waals surface area contributed by atoms with Gasteiger partial charge in [-0.2, -0.15) is 0 Å². The van der Waals surface area contributed by atoms with E-state index in [1.54, 1.807) is 6.92 Å². The fourth-order valence-corrected chi connectivity index (χ4v) is 3.76. The highest BCUT2D eigenvalue weighted by molar-refractivity contribution is 5.74. The van der Waals surface area contributed by atoms with Crippen molar-refractivity contribution >= 4 is 5.91 Å². The molecule has 0 bridgehead atoms. The number of hydrogen-bond donors (Lipinski definition) is 0. The summed E-state index contributed by atoms with van der Waals surface area (Å²) in [5.41, 5.74) is 0.932. The Labute approximate surface area is 119 Å². The van der Waals surface area contributed by atoms with Crippen molar-refractivity contribution < 1.29 is 9.32 Å². The molecule has 1 amide bonds. The molecular formula is C15H23N3O2. The van der Waals surface area contributed by atoms with E-state index in [-0.39, 0.29) is 5.91 Å². The van der Waals surface area contributed by atoms with Gasteiger partial charge in [-0.3, -0.25) is 9.69 Å². The van der Waals surface area contributed by atoms with Crippen molar-refractivity contribution in [3.63, 3.8) is 0 Å². The van der Waals surface area contributed by atoms with Gasteiger partial charge in [-0.1, -0.05) is 5.16 Å². The zero-order valence-corrected chi connectivity index (χ0v) is 12.3. The molecule has 2 atom stereocenters. The van der Waals surface area contributed by atoms with Gasteiger partial charge in [0.1, 0.15) is 0 Å². The first-order valence-corrected chi connectivity index (χ1v) is 7.58. The second-order valence-corrected chi connectivity index (χ2v) is 6.04. The zero-order valence-electron chi connectivity index (χ0n) is 12.3. The van der Waals surface area contributed by atoms with Crippen molar-refractivity contribution in [2.75, 3.05) is 13.1 Å². The lowest BCUT2D eigenvalue weighted by molar-refractivity contribution is -0.130. The fourth-order valence-electron chi connectivity index (χ4n) is 3.76. The van der Waals surface area contributed by atoms with Crippen LogP contribution in [0, 0.1) is 6.92 Å². The van der Waals surface area contributed by atoms with Crippen molar-refractivity contribution in [3.05, 3.63) is 17.5 Å². The molecule has 1 aromatic heterocycles. The lowest BCUT2D eigenvalue weighted by Gasteiger charge is -2.34. The van der Waals surface area contributed by atoms with E-state index in [2.05, 4.69) is 15.0 Å². The summed E-state index contributed by atoms with van der Waals surface area (Å²) in [7, 11) is 0. The SMILES string of the molecule is CC(=O)N1CCC[C@H]1[C@@H]1CCCN1Cc1cc(C)no1. The molecule has 110 valence electrons. The average Bonchev–Trinajstić information content (AvgIpc) is 3.09. The normalized spacial score (nSPS) is 27.4. The fraction of sp³-hybridized carbons (Fsp3) is 0.733. The van der Waals surface area contributed by atoms with E-state index >= 15 is 0 Å². The molecule has 1 aromatic rings. The highest BCUT2D eigenvalue weighted by Gasteiger charge is 2.38. The number of aryl methyl sites for hydroxylation is 1. The molecule has 5 nitrogen and oxygen atoms in total. The first-order chi connectivity index (χ1) is 9.65. The van der Waals surface area contributed by atoms with Gasteiger partial charge in [-0.25, -0.2) is 0 Å². The highest BCUT2D eigenvalue weighted by atomic mass is 16.5. The maximum absolute atomic E-state index is 11.8. The molecule has 0 N–H and O–H groups in total. The zero-order chi connectivity index (χ0) is 14.1. The van der Waals surface area contributed by atoms with E-state index in [1.807, 2.05) is 13.0 Å². The number of amides is 1. The first-order valence-electron chi connectivity index (χ1n) is 7.58. The lowest BCUT2D eigenvalue weighted by atomic mass is 10.0. The Morgan fingerprint density at radius 2 is 2.10 bits per heavy atom. The van der Waals surface area contributed by atoms with Gasteiger partial charge in [-0.15, -0.1) is 0 Å². The Balaban J connectivity index is 1.70. The molecule has 20 heavy (non-hydrogen) atoms. The Hall–Kier alpha value is -1.36. The van der Waals surface area contributed by atoms with E-state index in [0.717, 1.165) is 43.9 Å². The molecule has 2 aliphatic rings. The molecule has 2 saturated heterocycles. The molecule has 2 aliphatic heterocycles. The quantitative estimate of drug-likeness (QED) is 0.847. The third-order valence-corrected chi connectivity index (χ3v) is 4.60. The van der Waals surface area contributed by atoms with E-state index < -0.39 is 0 Å². The van der Waals surface area contributed by atoms with Gasteiger partial charge in [0.15, 0.2) is 5.76 Å².